The molecular formula is C12H20. The van der Waals surface area contributed by atoms with Crippen molar-refractivity contribution in [2.24, 2.45) is 16.7 Å². The van der Waals surface area contributed by atoms with Gasteiger partial charge in [-0.3, -0.25) is 0 Å². The number of hydrogen-bond acceptors (Lipinski definition) is 0. The molecule has 0 aromatic rings. The fraction of sp³-hybridized carbons (Fsp3) is 0.833. The highest BCUT2D eigenvalue weighted by Crippen LogP contribution is 2.58. The summed E-state index contributed by atoms with van der Waals surface area (Å²) in [7, 11) is 0. The van der Waals surface area contributed by atoms with E-state index in [1.165, 1.54) is 25.7 Å². The van der Waals surface area contributed by atoms with E-state index < -0.39 is 0 Å². The van der Waals surface area contributed by atoms with E-state index in [1.807, 2.05) is 0 Å². The van der Waals surface area contributed by atoms with Gasteiger partial charge >= 0.3 is 0 Å². The Kier molecular flexibility index (Phi) is 1.65. The van der Waals surface area contributed by atoms with Crippen LogP contribution in [0.15, 0.2) is 12.2 Å². The highest BCUT2D eigenvalue weighted by molar-refractivity contribution is 5.10. The standard InChI is InChI=1S/C12H20/c1-11(2,3)10-8-12(9-10)6-4-5-7-12/h4-5,10H,6-9H2,1-3H3. The molecule has 0 unspecified atom stereocenters. The first-order valence-electron chi connectivity index (χ1n) is 5.17. The Labute approximate surface area is 76.1 Å². The summed E-state index contributed by atoms with van der Waals surface area (Å²) in [5.74, 6) is 0.984. The fourth-order valence-corrected chi connectivity index (χ4v) is 2.68. The van der Waals surface area contributed by atoms with E-state index in [4.69, 9.17) is 0 Å². The maximum atomic E-state index is 2.38. The molecule has 0 aromatic heterocycles. The van der Waals surface area contributed by atoms with Crippen LogP contribution < -0.4 is 0 Å². The average Bonchev–Trinajstić information content (AvgIpc) is 2.27. The first kappa shape index (κ1) is 8.34. The van der Waals surface area contributed by atoms with Crippen molar-refractivity contribution < 1.29 is 0 Å². The third kappa shape index (κ3) is 1.22. The van der Waals surface area contributed by atoms with Crippen molar-refractivity contribution in [1.29, 1.82) is 0 Å². The summed E-state index contributed by atoms with van der Waals surface area (Å²) in [6, 6.07) is 0. The van der Waals surface area contributed by atoms with Crippen molar-refractivity contribution in [2.45, 2.75) is 46.5 Å². The van der Waals surface area contributed by atoms with Crippen molar-refractivity contribution in [2.75, 3.05) is 0 Å². The van der Waals surface area contributed by atoms with Crippen LogP contribution in [0.25, 0.3) is 0 Å². The molecule has 0 aromatic carbocycles. The molecule has 2 aliphatic rings. The minimum absolute atomic E-state index is 0.549. The molecule has 1 fully saturated rings. The second kappa shape index (κ2) is 2.37. The molecule has 1 spiro atoms. The molecule has 0 aliphatic heterocycles. The van der Waals surface area contributed by atoms with Crippen molar-refractivity contribution in [3.63, 3.8) is 0 Å². The summed E-state index contributed by atoms with van der Waals surface area (Å²) in [4.78, 5) is 0. The summed E-state index contributed by atoms with van der Waals surface area (Å²) in [5.41, 5.74) is 1.28. The van der Waals surface area contributed by atoms with Crippen LogP contribution in [-0.2, 0) is 0 Å². The molecule has 2 rings (SSSR count). The molecule has 0 bridgehead atoms. The molecule has 1 saturated carbocycles. The van der Waals surface area contributed by atoms with Crippen LogP contribution in [0.4, 0.5) is 0 Å². The lowest BCUT2D eigenvalue weighted by Gasteiger charge is -2.51. The lowest BCUT2D eigenvalue weighted by Crippen LogP contribution is -2.41. The molecular weight excluding hydrogens is 144 g/mol. The van der Waals surface area contributed by atoms with Gasteiger partial charge in [0.05, 0.1) is 0 Å². The zero-order valence-electron chi connectivity index (χ0n) is 8.56. The summed E-state index contributed by atoms with van der Waals surface area (Å²) >= 11 is 0. The maximum absolute atomic E-state index is 2.38. The van der Waals surface area contributed by atoms with Gasteiger partial charge in [-0.15, -0.1) is 0 Å². The quantitative estimate of drug-likeness (QED) is 0.478. The average molecular weight is 164 g/mol. The predicted molar refractivity (Wildman–Crippen MR) is 53.0 cm³/mol. The van der Waals surface area contributed by atoms with Gasteiger partial charge in [-0.1, -0.05) is 32.9 Å². The monoisotopic (exact) mass is 164 g/mol. The number of rotatable bonds is 0. The molecule has 0 radical (unpaired) electrons. The van der Waals surface area contributed by atoms with Gasteiger partial charge in [0, 0.05) is 0 Å². The highest BCUT2D eigenvalue weighted by Gasteiger charge is 2.47. The molecule has 0 heterocycles. The van der Waals surface area contributed by atoms with Gasteiger partial charge in [-0.25, -0.2) is 0 Å². The van der Waals surface area contributed by atoms with Gasteiger partial charge in [0.2, 0.25) is 0 Å². The molecule has 0 amide bonds. The minimum Gasteiger partial charge on any atom is -0.0880 e. The Bertz CT molecular complexity index is 189. The molecule has 0 nitrogen and oxygen atoms in total. The van der Waals surface area contributed by atoms with Gasteiger partial charge in [0.15, 0.2) is 0 Å². The molecule has 12 heavy (non-hydrogen) atoms. The second-order valence-corrected chi connectivity index (χ2v) is 5.85. The van der Waals surface area contributed by atoms with Crippen molar-refractivity contribution in [3.8, 4) is 0 Å². The van der Waals surface area contributed by atoms with Gasteiger partial charge < -0.3 is 0 Å². The van der Waals surface area contributed by atoms with E-state index in [2.05, 4.69) is 32.9 Å². The van der Waals surface area contributed by atoms with Gasteiger partial charge in [-0.2, -0.15) is 0 Å². The van der Waals surface area contributed by atoms with Gasteiger partial charge in [0.25, 0.3) is 0 Å². The number of allylic oxidation sites excluding steroid dienone is 2. The molecule has 0 heteroatoms. The summed E-state index contributed by atoms with van der Waals surface area (Å²) in [6.07, 6.45) is 10.4. The van der Waals surface area contributed by atoms with Crippen LogP contribution in [0.5, 0.6) is 0 Å². The van der Waals surface area contributed by atoms with Crippen molar-refractivity contribution in [1.82, 2.24) is 0 Å². The maximum Gasteiger partial charge on any atom is -0.0223 e. The van der Waals surface area contributed by atoms with E-state index in [-0.39, 0.29) is 0 Å². The lowest BCUT2D eigenvalue weighted by molar-refractivity contribution is -0.00382. The molecule has 68 valence electrons. The largest absolute Gasteiger partial charge is 0.0880 e. The van der Waals surface area contributed by atoms with E-state index >= 15 is 0 Å². The Balaban J connectivity index is 1.91. The van der Waals surface area contributed by atoms with Gasteiger partial charge in [0.1, 0.15) is 0 Å². The Hall–Kier alpha value is -0.260. The van der Waals surface area contributed by atoms with Crippen LogP contribution in [0.3, 0.4) is 0 Å². The SMILES string of the molecule is CC(C)(C)C1CC2(CC=CC2)C1. The van der Waals surface area contributed by atoms with Crippen LogP contribution in [0.2, 0.25) is 0 Å². The van der Waals surface area contributed by atoms with Crippen LogP contribution in [0.1, 0.15) is 46.5 Å². The van der Waals surface area contributed by atoms with E-state index in [0.717, 1.165) is 11.3 Å². The van der Waals surface area contributed by atoms with Crippen LogP contribution in [0, 0.1) is 16.7 Å². The summed E-state index contributed by atoms with van der Waals surface area (Å²) in [5, 5.41) is 0. The zero-order valence-corrected chi connectivity index (χ0v) is 8.56. The van der Waals surface area contributed by atoms with E-state index in [1.54, 1.807) is 0 Å². The topological polar surface area (TPSA) is 0 Å². The first-order valence-corrected chi connectivity index (χ1v) is 5.17. The van der Waals surface area contributed by atoms with Crippen LogP contribution in [-0.4, -0.2) is 0 Å². The zero-order chi connectivity index (χ0) is 8.82. The normalized spacial score (nSPS) is 27.9. The molecule has 0 N–H and O–H groups in total. The third-order valence-corrected chi connectivity index (χ3v) is 3.85. The Morgan fingerprint density at radius 1 is 1.08 bits per heavy atom. The third-order valence-electron chi connectivity index (χ3n) is 3.85. The van der Waals surface area contributed by atoms with Crippen LogP contribution >= 0.6 is 0 Å². The summed E-state index contributed by atoms with van der Waals surface area (Å²) in [6.45, 7) is 7.15. The Morgan fingerprint density at radius 3 is 2.00 bits per heavy atom. The van der Waals surface area contributed by atoms with E-state index in [0.29, 0.717) is 5.41 Å². The highest BCUT2D eigenvalue weighted by atomic mass is 14.5. The smallest absolute Gasteiger partial charge is 0.0223 e. The van der Waals surface area contributed by atoms with E-state index in [9.17, 15) is 0 Å². The van der Waals surface area contributed by atoms with Crippen molar-refractivity contribution >= 4 is 0 Å². The molecule has 0 atom stereocenters. The minimum atomic E-state index is 0.549. The first-order chi connectivity index (χ1) is 5.52. The Morgan fingerprint density at radius 2 is 1.58 bits per heavy atom. The second-order valence-electron chi connectivity index (χ2n) is 5.85. The van der Waals surface area contributed by atoms with Gasteiger partial charge in [-0.05, 0) is 42.4 Å². The molecule has 2 aliphatic carbocycles. The van der Waals surface area contributed by atoms with Crippen molar-refractivity contribution in [3.05, 3.63) is 12.2 Å². The lowest BCUT2D eigenvalue weighted by atomic mass is 9.54. The number of hydrogen-bond donors (Lipinski definition) is 0. The predicted octanol–water partition coefficient (Wildman–Crippen LogP) is 3.78. The summed E-state index contributed by atoms with van der Waals surface area (Å²) < 4.78 is 0. The molecule has 0 saturated heterocycles. The fourth-order valence-electron chi connectivity index (χ4n) is 2.68.